The fourth-order valence-electron chi connectivity index (χ4n) is 2.64. The van der Waals surface area contributed by atoms with E-state index in [0.717, 1.165) is 27.1 Å². The Balaban J connectivity index is 2.49. The maximum absolute atomic E-state index is 11.4. The summed E-state index contributed by atoms with van der Waals surface area (Å²) in [6.07, 6.45) is 0. The lowest BCUT2D eigenvalue weighted by atomic mass is 9.89. The Morgan fingerprint density at radius 1 is 0.947 bits per heavy atom. The molecule has 0 aliphatic rings. The maximum atomic E-state index is 11.4. The fourth-order valence-corrected chi connectivity index (χ4v) is 2.64. The van der Waals surface area contributed by atoms with E-state index >= 15 is 0 Å². The zero-order valence-electron chi connectivity index (χ0n) is 10.6. The van der Waals surface area contributed by atoms with Gasteiger partial charge in [-0.25, -0.2) is 0 Å². The van der Waals surface area contributed by atoms with Crippen molar-refractivity contribution in [3.05, 3.63) is 60.2 Å². The average molecular weight is 250 g/mol. The number of carboxylic acid groups (broad SMARTS) is 1. The molecule has 0 aliphatic carbocycles. The van der Waals surface area contributed by atoms with E-state index in [1.165, 1.54) is 0 Å². The molecule has 94 valence electrons. The first-order valence-corrected chi connectivity index (χ1v) is 6.31. The standard InChI is InChI=1S/C17H14O2/c1-11(17(18)19)16-14-8-4-2-6-12(14)10-13-7-3-5-9-15(13)16/h2-11H,1H3,(H,18,19). The van der Waals surface area contributed by atoms with Gasteiger partial charge in [0.05, 0.1) is 5.92 Å². The topological polar surface area (TPSA) is 37.3 Å². The molecule has 2 nitrogen and oxygen atoms in total. The number of hydrogen-bond donors (Lipinski definition) is 1. The summed E-state index contributed by atoms with van der Waals surface area (Å²) in [5.74, 6) is -1.31. The van der Waals surface area contributed by atoms with Crippen molar-refractivity contribution in [2.24, 2.45) is 0 Å². The second kappa shape index (κ2) is 4.39. The van der Waals surface area contributed by atoms with Gasteiger partial charge in [0, 0.05) is 0 Å². The highest BCUT2D eigenvalue weighted by atomic mass is 16.4. The summed E-state index contributed by atoms with van der Waals surface area (Å²) >= 11 is 0. The summed E-state index contributed by atoms with van der Waals surface area (Å²) in [5, 5.41) is 13.6. The fraction of sp³-hybridized carbons (Fsp3) is 0.118. The first-order chi connectivity index (χ1) is 9.18. The number of benzene rings is 3. The monoisotopic (exact) mass is 250 g/mol. The lowest BCUT2D eigenvalue weighted by molar-refractivity contribution is -0.138. The summed E-state index contributed by atoms with van der Waals surface area (Å²) in [5.41, 5.74) is 0.904. The molecule has 1 atom stereocenters. The summed E-state index contributed by atoms with van der Waals surface area (Å²) in [7, 11) is 0. The van der Waals surface area contributed by atoms with E-state index in [-0.39, 0.29) is 0 Å². The van der Waals surface area contributed by atoms with Gasteiger partial charge in [-0.3, -0.25) is 4.79 Å². The molecular formula is C17H14O2. The van der Waals surface area contributed by atoms with Crippen molar-refractivity contribution in [3.8, 4) is 0 Å². The molecule has 0 heterocycles. The molecule has 1 N–H and O–H groups in total. The van der Waals surface area contributed by atoms with Crippen molar-refractivity contribution >= 4 is 27.5 Å². The minimum absolute atomic E-state index is 0.518. The van der Waals surface area contributed by atoms with Crippen LogP contribution in [-0.2, 0) is 4.79 Å². The van der Waals surface area contributed by atoms with Crippen molar-refractivity contribution in [1.29, 1.82) is 0 Å². The molecule has 0 aromatic heterocycles. The van der Waals surface area contributed by atoms with E-state index in [1.54, 1.807) is 6.92 Å². The van der Waals surface area contributed by atoms with Gasteiger partial charge in [0.15, 0.2) is 0 Å². The lowest BCUT2D eigenvalue weighted by Gasteiger charge is -2.14. The molecule has 2 heteroatoms. The Labute approximate surface area is 111 Å². The highest BCUT2D eigenvalue weighted by molar-refractivity contribution is 6.05. The van der Waals surface area contributed by atoms with Gasteiger partial charge in [0.25, 0.3) is 0 Å². The Morgan fingerprint density at radius 2 is 1.42 bits per heavy atom. The van der Waals surface area contributed by atoms with Gasteiger partial charge < -0.3 is 5.11 Å². The first-order valence-electron chi connectivity index (χ1n) is 6.31. The number of aliphatic carboxylic acids is 1. The van der Waals surface area contributed by atoms with Crippen LogP contribution in [0, 0.1) is 0 Å². The van der Waals surface area contributed by atoms with E-state index in [1.807, 2.05) is 48.5 Å². The number of hydrogen-bond acceptors (Lipinski definition) is 1. The predicted molar refractivity (Wildman–Crippen MR) is 77.5 cm³/mol. The molecule has 0 spiro atoms. The smallest absolute Gasteiger partial charge is 0.310 e. The molecule has 0 fully saturated rings. The third kappa shape index (κ3) is 1.85. The second-order valence-corrected chi connectivity index (χ2v) is 4.79. The van der Waals surface area contributed by atoms with E-state index in [4.69, 9.17) is 0 Å². The average Bonchev–Trinajstić information content (AvgIpc) is 2.43. The number of carbonyl (C=O) groups is 1. The van der Waals surface area contributed by atoms with E-state index in [9.17, 15) is 9.90 Å². The molecule has 0 radical (unpaired) electrons. The van der Waals surface area contributed by atoms with E-state index in [2.05, 4.69) is 6.07 Å². The van der Waals surface area contributed by atoms with Crippen molar-refractivity contribution in [1.82, 2.24) is 0 Å². The zero-order chi connectivity index (χ0) is 13.4. The van der Waals surface area contributed by atoms with Gasteiger partial charge in [-0.15, -0.1) is 0 Å². The van der Waals surface area contributed by atoms with Crippen LogP contribution in [0.15, 0.2) is 54.6 Å². The van der Waals surface area contributed by atoms with Gasteiger partial charge in [-0.1, -0.05) is 48.5 Å². The van der Waals surface area contributed by atoms with E-state index < -0.39 is 11.9 Å². The number of carboxylic acids is 1. The summed E-state index contributed by atoms with van der Waals surface area (Å²) in [6.45, 7) is 1.75. The van der Waals surface area contributed by atoms with Crippen LogP contribution in [0.2, 0.25) is 0 Å². The van der Waals surface area contributed by atoms with Crippen LogP contribution in [0.25, 0.3) is 21.5 Å². The highest BCUT2D eigenvalue weighted by Gasteiger charge is 2.19. The highest BCUT2D eigenvalue weighted by Crippen LogP contribution is 2.33. The maximum Gasteiger partial charge on any atom is 0.310 e. The summed E-state index contributed by atoms with van der Waals surface area (Å²) < 4.78 is 0. The van der Waals surface area contributed by atoms with Crippen molar-refractivity contribution in [2.45, 2.75) is 12.8 Å². The molecule has 1 unspecified atom stereocenters. The minimum atomic E-state index is -0.790. The molecular weight excluding hydrogens is 236 g/mol. The van der Waals surface area contributed by atoms with Gasteiger partial charge >= 0.3 is 5.97 Å². The molecule has 3 aromatic carbocycles. The van der Waals surface area contributed by atoms with Crippen LogP contribution in [-0.4, -0.2) is 11.1 Å². The molecule has 19 heavy (non-hydrogen) atoms. The van der Waals surface area contributed by atoms with Crippen LogP contribution in [0.1, 0.15) is 18.4 Å². The third-order valence-corrected chi connectivity index (χ3v) is 3.62. The van der Waals surface area contributed by atoms with Gasteiger partial charge in [-0.05, 0) is 40.1 Å². The van der Waals surface area contributed by atoms with Crippen LogP contribution in [0.5, 0.6) is 0 Å². The molecule has 0 aliphatic heterocycles. The second-order valence-electron chi connectivity index (χ2n) is 4.79. The lowest BCUT2D eigenvalue weighted by Crippen LogP contribution is -2.08. The Kier molecular flexibility index (Phi) is 2.71. The molecule has 0 amide bonds. The Hall–Kier alpha value is -2.35. The van der Waals surface area contributed by atoms with Crippen molar-refractivity contribution in [3.63, 3.8) is 0 Å². The predicted octanol–water partition coefficient (Wildman–Crippen LogP) is 4.18. The Bertz CT molecular complexity index is 720. The van der Waals surface area contributed by atoms with Crippen LogP contribution >= 0.6 is 0 Å². The van der Waals surface area contributed by atoms with Gasteiger partial charge in [0.2, 0.25) is 0 Å². The van der Waals surface area contributed by atoms with Crippen LogP contribution in [0.3, 0.4) is 0 Å². The first kappa shape index (κ1) is 11.7. The molecule has 0 saturated carbocycles. The van der Waals surface area contributed by atoms with Gasteiger partial charge in [-0.2, -0.15) is 0 Å². The molecule has 0 bridgehead atoms. The number of rotatable bonds is 2. The van der Waals surface area contributed by atoms with Crippen molar-refractivity contribution in [2.75, 3.05) is 0 Å². The number of fused-ring (bicyclic) bond motifs is 2. The largest absolute Gasteiger partial charge is 0.481 e. The SMILES string of the molecule is CC(C(=O)O)c1c2ccccc2cc2ccccc12. The third-order valence-electron chi connectivity index (χ3n) is 3.62. The van der Waals surface area contributed by atoms with Gasteiger partial charge in [0.1, 0.15) is 0 Å². The summed E-state index contributed by atoms with van der Waals surface area (Å²) in [4.78, 5) is 11.4. The molecule has 0 saturated heterocycles. The minimum Gasteiger partial charge on any atom is -0.481 e. The quantitative estimate of drug-likeness (QED) is 0.693. The zero-order valence-corrected chi connectivity index (χ0v) is 10.6. The van der Waals surface area contributed by atoms with Crippen LogP contribution < -0.4 is 0 Å². The van der Waals surface area contributed by atoms with Crippen molar-refractivity contribution < 1.29 is 9.90 Å². The summed E-state index contributed by atoms with van der Waals surface area (Å²) in [6, 6.07) is 18.0. The Morgan fingerprint density at radius 3 is 1.89 bits per heavy atom. The normalized spacial score (nSPS) is 12.7. The van der Waals surface area contributed by atoms with Crippen LogP contribution in [0.4, 0.5) is 0 Å². The molecule has 3 aromatic rings. The molecule has 3 rings (SSSR count). The van der Waals surface area contributed by atoms with E-state index in [0.29, 0.717) is 0 Å².